The third-order valence-corrected chi connectivity index (χ3v) is 1.98. The average molecular weight is 194 g/mol. The number of aliphatic hydroxyl groups excluding tert-OH is 2. The van der Waals surface area contributed by atoms with Crippen LogP contribution in [-0.2, 0) is 14.4 Å². The Morgan fingerprint density at radius 2 is 1.38 bits per heavy atom. The van der Waals surface area contributed by atoms with E-state index in [1.165, 1.54) is 0 Å². The quantitative estimate of drug-likeness (QED) is 0.358. The minimum absolute atomic E-state index is 0.0132. The van der Waals surface area contributed by atoms with Gasteiger partial charge < -0.3 is 24.6 Å². The van der Waals surface area contributed by atoms with E-state index in [2.05, 4.69) is 9.68 Å². The van der Waals surface area contributed by atoms with E-state index in [-0.39, 0.29) is 13.2 Å². The van der Waals surface area contributed by atoms with E-state index in [4.69, 9.17) is 16.5 Å². The van der Waals surface area contributed by atoms with Gasteiger partial charge in [-0.05, 0) is 0 Å². The molecule has 1 rings (SSSR count). The maximum Gasteiger partial charge on any atom is 0.112 e. The van der Waals surface area contributed by atoms with E-state index < -0.39 is 24.4 Å². The molecule has 1 aliphatic heterocycles. The van der Waals surface area contributed by atoms with Gasteiger partial charge in [-0.15, -0.1) is 0 Å². The van der Waals surface area contributed by atoms with E-state index in [1.807, 2.05) is 0 Å². The van der Waals surface area contributed by atoms with Crippen LogP contribution in [-0.4, -0.2) is 47.8 Å². The van der Waals surface area contributed by atoms with Crippen LogP contribution in [0.1, 0.15) is 0 Å². The monoisotopic (exact) mass is 194 g/mol. The number of ether oxygens (including phenoxy) is 1. The topological polar surface area (TPSA) is 120 Å². The highest BCUT2D eigenvalue weighted by Gasteiger charge is 2.42. The third-order valence-electron chi connectivity index (χ3n) is 1.98. The lowest BCUT2D eigenvalue weighted by molar-refractivity contribution is -0.0681. The van der Waals surface area contributed by atoms with Gasteiger partial charge in [0.15, 0.2) is 0 Å². The van der Waals surface area contributed by atoms with E-state index >= 15 is 0 Å². The summed E-state index contributed by atoms with van der Waals surface area (Å²) in [6.07, 6.45) is -3.33. The van der Waals surface area contributed by atoms with Crippen molar-refractivity contribution >= 4 is 0 Å². The molecule has 1 heterocycles. The van der Waals surface area contributed by atoms with E-state index in [1.54, 1.807) is 0 Å². The van der Waals surface area contributed by atoms with E-state index in [0.29, 0.717) is 0 Å². The summed E-state index contributed by atoms with van der Waals surface area (Å²) in [7, 11) is 0. The highest BCUT2D eigenvalue weighted by atomic mass is 16.7. The lowest BCUT2D eigenvalue weighted by Gasteiger charge is -2.12. The van der Waals surface area contributed by atoms with Gasteiger partial charge in [0.2, 0.25) is 0 Å². The van der Waals surface area contributed by atoms with Gasteiger partial charge in [0.25, 0.3) is 0 Å². The van der Waals surface area contributed by atoms with Gasteiger partial charge in [0.1, 0.15) is 24.4 Å². The minimum atomic E-state index is -1.02. The molecule has 0 radical (unpaired) electrons. The van der Waals surface area contributed by atoms with Crippen LogP contribution in [0.25, 0.3) is 0 Å². The summed E-state index contributed by atoms with van der Waals surface area (Å²) in [6.45, 7) is 0.0264. The second-order valence-corrected chi connectivity index (χ2v) is 2.86. The Morgan fingerprint density at radius 3 is 1.69 bits per heavy atom. The molecule has 0 amide bonds. The fourth-order valence-electron chi connectivity index (χ4n) is 1.29. The van der Waals surface area contributed by atoms with Crippen molar-refractivity contribution in [2.45, 2.75) is 24.4 Å². The molecule has 1 saturated heterocycles. The standard InChI is InChI=1S/C6H14N2O5/c7-11-1-3-5(9)6(10)4(13-3)2-12-8/h3-6,9-10H,1-2,7-8H2/t3-,4-,5-,6-/m1/s1. The molecule has 0 bridgehead atoms. The van der Waals surface area contributed by atoms with E-state index in [0.717, 1.165) is 0 Å². The third kappa shape index (κ3) is 2.35. The van der Waals surface area contributed by atoms with Crippen LogP contribution in [0.3, 0.4) is 0 Å². The largest absolute Gasteiger partial charge is 0.387 e. The van der Waals surface area contributed by atoms with Gasteiger partial charge in [0.05, 0.1) is 13.2 Å². The summed E-state index contributed by atoms with van der Waals surface area (Å²) in [5.74, 6) is 9.61. The molecule has 7 nitrogen and oxygen atoms in total. The van der Waals surface area contributed by atoms with Crippen molar-refractivity contribution in [1.29, 1.82) is 0 Å². The summed E-state index contributed by atoms with van der Waals surface area (Å²) < 4.78 is 5.16. The molecule has 7 heteroatoms. The summed E-state index contributed by atoms with van der Waals surface area (Å²) in [5, 5.41) is 18.8. The van der Waals surface area contributed by atoms with Crippen LogP contribution in [0.15, 0.2) is 0 Å². The van der Waals surface area contributed by atoms with Crippen molar-refractivity contribution in [1.82, 2.24) is 0 Å². The molecule has 1 aliphatic rings. The van der Waals surface area contributed by atoms with Gasteiger partial charge in [-0.1, -0.05) is 0 Å². The zero-order valence-electron chi connectivity index (χ0n) is 7.00. The molecule has 0 aromatic carbocycles. The lowest BCUT2D eigenvalue weighted by atomic mass is 10.1. The van der Waals surface area contributed by atoms with Crippen molar-refractivity contribution in [3.05, 3.63) is 0 Å². The number of hydrogen-bond acceptors (Lipinski definition) is 7. The highest BCUT2D eigenvalue weighted by molar-refractivity contribution is 4.90. The molecule has 78 valence electrons. The van der Waals surface area contributed by atoms with Crippen LogP contribution in [0, 0.1) is 0 Å². The molecule has 0 unspecified atom stereocenters. The molecule has 0 aromatic rings. The molecule has 0 aliphatic carbocycles. The van der Waals surface area contributed by atoms with Crippen molar-refractivity contribution in [2.24, 2.45) is 11.8 Å². The normalized spacial score (nSPS) is 39.7. The van der Waals surface area contributed by atoms with Crippen LogP contribution >= 0.6 is 0 Å². The highest BCUT2D eigenvalue weighted by Crippen LogP contribution is 2.21. The minimum Gasteiger partial charge on any atom is -0.387 e. The Bertz CT molecular complexity index is 142. The Kier molecular flexibility index (Phi) is 4.00. The maximum absolute atomic E-state index is 9.38. The fourth-order valence-corrected chi connectivity index (χ4v) is 1.29. The summed E-state index contributed by atoms with van der Waals surface area (Å²) in [6, 6.07) is 0. The van der Waals surface area contributed by atoms with Gasteiger partial charge in [0, 0.05) is 0 Å². The maximum atomic E-state index is 9.38. The smallest absolute Gasteiger partial charge is 0.112 e. The second-order valence-electron chi connectivity index (χ2n) is 2.86. The SMILES string of the molecule is NOC[C@H]1O[C@H](CON)[C@@H](O)[C@@H]1O. The van der Waals surface area contributed by atoms with Crippen LogP contribution in [0.4, 0.5) is 0 Å². The summed E-state index contributed by atoms with van der Waals surface area (Å²) in [4.78, 5) is 8.61. The van der Waals surface area contributed by atoms with Crippen LogP contribution in [0.2, 0.25) is 0 Å². The molecule has 0 saturated carbocycles. The second kappa shape index (κ2) is 4.82. The first-order valence-electron chi connectivity index (χ1n) is 3.85. The van der Waals surface area contributed by atoms with Crippen LogP contribution < -0.4 is 11.8 Å². The Balaban J connectivity index is 2.45. The molecular weight excluding hydrogens is 180 g/mol. The first kappa shape index (κ1) is 10.8. The van der Waals surface area contributed by atoms with Gasteiger partial charge in [-0.2, -0.15) is 0 Å². The first-order chi connectivity index (χ1) is 6.20. The molecule has 6 N–H and O–H groups in total. The molecule has 1 fully saturated rings. The van der Waals surface area contributed by atoms with Crippen molar-refractivity contribution in [3.8, 4) is 0 Å². The number of rotatable bonds is 4. The van der Waals surface area contributed by atoms with Crippen molar-refractivity contribution < 1.29 is 24.6 Å². The lowest BCUT2D eigenvalue weighted by Crippen LogP contribution is -2.36. The number of nitrogens with two attached hydrogens (primary N) is 2. The Labute approximate surface area is 75.1 Å². The fraction of sp³-hybridized carbons (Fsp3) is 1.00. The molecule has 4 atom stereocenters. The van der Waals surface area contributed by atoms with Gasteiger partial charge in [-0.25, -0.2) is 11.8 Å². The van der Waals surface area contributed by atoms with Crippen LogP contribution in [0.5, 0.6) is 0 Å². The van der Waals surface area contributed by atoms with E-state index in [9.17, 15) is 10.2 Å². The molecule has 0 aromatic heterocycles. The van der Waals surface area contributed by atoms with Gasteiger partial charge in [-0.3, -0.25) is 0 Å². The predicted molar refractivity (Wildman–Crippen MR) is 41.0 cm³/mol. The van der Waals surface area contributed by atoms with Crippen molar-refractivity contribution in [2.75, 3.05) is 13.2 Å². The average Bonchev–Trinajstić information content (AvgIpc) is 2.36. The Hall–Kier alpha value is -0.280. The summed E-state index contributed by atoms with van der Waals surface area (Å²) >= 11 is 0. The molecular formula is C6H14N2O5. The summed E-state index contributed by atoms with van der Waals surface area (Å²) in [5.41, 5.74) is 0. The Morgan fingerprint density at radius 1 is 1.00 bits per heavy atom. The zero-order chi connectivity index (χ0) is 9.84. The van der Waals surface area contributed by atoms with Gasteiger partial charge >= 0.3 is 0 Å². The molecule has 0 spiro atoms. The predicted octanol–water partition coefficient (Wildman–Crippen LogP) is -2.74. The zero-order valence-corrected chi connectivity index (χ0v) is 7.00. The molecule has 13 heavy (non-hydrogen) atoms. The number of aliphatic hydroxyl groups is 2. The van der Waals surface area contributed by atoms with Crippen molar-refractivity contribution in [3.63, 3.8) is 0 Å². The first-order valence-corrected chi connectivity index (χ1v) is 3.85. The number of hydrogen-bond donors (Lipinski definition) is 4.